The molecule has 0 bridgehead atoms. The maximum Gasteiger partial charge on any atom is 0.216 e. The van der Waals surface area contributed by atoms with Crippen LogP contribution in [0.4, 0.5) is 4.39 Å². The summed E-state index contributed by atoms with van der Waals surface area (Å²) in [5.41, 5.74) is 6.65. The van der Waals surface area contributed by atoms with Gasteiger partial charge in [-0.1, -0.05) is 73.2 Å². The summed E-state index contributed by atoms with van der Waals surface area (Å²) in [6, 6.07) is 27.0. The lowest BCUT2D eigenvalue weighted by Gasteiger charge is -2.31. The molecule has 1 aliphatic rings. The highest BCUT2D eigenvalue weighted by atomic mass is 19.1. The molecule has 3 aromatic carbocycles. The average Bonchev–Trinajstić information content (AvgIpc) is 3.08. The molecule has 1 heterocycles. The molecule has 1 saturated carbocycles. The number of aromatic amines is 1. The van der Waals surface area contributed by atoms with E-state index in [-0.39, 0.29) is 5.95 Å². The highest BCUT2D eigenvalue weighted by Crippen LogP contribution is 2.45. The van der Waals surface area contributed by atoms with Crippen LogP contribution in [0.15, 0.2) is 78.9 Å². The summed E-state index contributed by atoms with van der Waals surface area (Å²) >= 11 is 0. The summed E-state index contributed by atoms with van der Waals surface area (Å²) in [6.07, 6.45) is 3.66. The Morgan fingerprint density at radius 3 is 2.14 bits per heavy atom. The smallest absolute Gasteiger partial charge is 0.216 e. The van der Waals surface area contributed by atoms with E-state index in [1.165, 1.54) is 36.0 Å². The Balaban J connectivity index is 1.81. The summed E-state index contributed by atoms with van der Waals surface area (Å²) < 4.78 is 14.2. The number of aromatic nitrogens is 2. The summed E-state index contributed by atoms with van der Waals surface area (Å²) in [4.78, 5) is 0. The Labute approximate surface area is 163 Å². The number of halogens is 1. The minimum Gasteiger partial charge on any atom is -0.252 e. The van der Waals surface area contributed by atoms with Crippen molar-refractivity contribution in [2.75, 3.05) is 0 Å². The van der Waals surface area contributed by atoms with Gasteiger partial charge in [0.15, 0.2) is 0 Å². The minimum absolute atomic E-state index is 0.380. The lowest BCUT2D eigenvalue weighted by molar-refractivity contribution is 0.401. The molecule has 0 atom stereocenters. The van der Waals surface area contributed by atoms with E-state index < -0.39 is 0 Å². The number of nitrogens with zero attached hydrogens (tertiary/aromatic N) is 1. The summed E-state index contributed by atoms with van der Waals surface area (Å²) in [7, 11) is 0. The highest BCUT2D eigenvalue weighted by Gasteiger charge is 2.27. The fraction of sp³-hybridized carbons (Fsp3) is 0.160. The quantitative estimate of drug-likeness (QED) is 0.411. The molecule has 138 valence electrons. The maximum absolute atomic E-state index is 14.2. The largest absolute Gasteiger partial charge is 0.252 e. The van der Waals surface area contributed by atoms with E-state index in [4.69, 9.17) is 0 Å². The van der Waals surface area contributed by atoms with Gasteiger partial charge in [0.2, 0.25) is 5.95 Å². The molecule has 3 heteroatoms. The molecule has 4 aromatic rings. The monoisotopic (exact) mass is 368 g/mol. The van der Waals surface area contributed by atoms with Crippen LogP contribution >= 0.6 is 0 Å². The number of benzene rings is 3. The molecular weight excluding hydrogens is 347 g/mol. The first-order chi connectivity index (χ1) is 13.8. The molecule has 0 saturated heterocycles. The third-order valence-electron chi connectivity index (χ3n) is 5.73. The van der Waals surface area contributed by atoms with E-state index in [1.54, 1.807) is 0 Å². The van der Waals surface area contributed by atoms with Gasteiger partial charge in [-0.25, -0.2) is 0 Å². The number of nitrogens with one attached hydrogen (secondary N) is 1. The molecule has 0 radical (unpaired) electrons. The molecule has 0 aliphatic heterocycles. The maximum atomic E-state index is 14.2. The zero-order valence-corrected chi connectivity index (χ0v) is 15.5. The van der Waals surface area contributed by atoms with Crippen molar-refractivity contribution in [1.82, 2.24) is 10.2 Å². The molecule has 1 N–H and O–H groups in total. The first-order valence-corrected chi connectivity index (χ1v) is 9.80. The van der Waals surface area contributed by atoms with Crippen LogP contribution in [0, 0.1) is 11.9 Å². The average molecular weight is 368 g/mol. The summed E-state index contributed by atoms with van der Waals surface area (Å²) in [6.45, 7) is 0. The van der Waals surface area contributed by atoms with Crippen molar-refractivity contribution in [2.24, 2.45) is 5.92 Å². The van der Waals surface area contributed by atoms with E-state index in [0.29, 0.717) is 16.8 Å². The topological polar surface area (TPSA) is 28.7 Å². The van der Waals surface area contributed by atoms with Gasteiger partial charge >= 0.3 is 0 Å². The Morgan fingerprint density at radius 2 is 1.50 bits per heavy atom. The number of fused-ring (bicyclic) bond motifs is 1. The molecule has 1 fully saturated rings. The Kier molecular flexibility index (Phi) is 4.28. The molecular formula is C25H21FN2. The minimum atomic E-state index is -0.380. The van der Waals surface area contributed by atoms with Gasteiger partial charge in [-0.15, -0.1) is 0 Å². The van der Waals surface area contributed by atoms with E-state index in [9.17, 15) is 4.39 Å². The van der Waals surface area contributed by atoms with Gasteiger partial charge in [-0.05, 0) is 58.7 Å². The fourth-order valence-electron chi connectivity index (χ4n) is 4.12. The van der Waals surface area contributed by atoms with Gasteiger partial charge in [0.25, 0.3) is 0 Å². The number of rotatable bonds is 4. The van der Waals surface area contributed by atoms with Crippen LogP contribution in [0.5, 0.6) is 0 Å². The van der Waals surface area contributed by atoms with Crippen LogP contribution in [0.25, 0.3) is 22.0 Å². The van der Waals surface area contributed by atoms with Crippen LogP contribution in [-0.2, 0) is 0 Å². The molecule has 1 aliphatic carbocycles. The first kappa shape index (κ1) is 16.9. The van der Waals surface area contributed by atoms with Crippen molar-refractivity contribution in [3.8, 4) is 0 Å². The van der Waals surface area contributed by atoms with Crippen molar-refractivity contribution in [1.29, 1.82) is 0 Å². The standard InChI is InChI=1S/C25H21FN2/c26-25-21-16-20(14-15-22(21)27-28-25)24(18-10-5-2-6-11-18)23(19-12-7-13-19)17-8-3-1-4-9-17/h1-6,8-11,14-16,19H,7,12-13H2,(H,27,28)/b24-23-. The second-order valence-corrected chi connectivity index (χ2v) is 7.42. The molecule has 0 amide bonds. The van der Waals surface area contributed by atoms with Gasteiger partial charge in [-0.2, -0.15) is 9.49 Å². The summed E-state index contributed by atoms with van der Waals surface area (Å²) in [5, 5.41) is 7.03. The molecule has 1 aromatic heterocycles. The van der Waals surface area contributed by atoms with Crippen molar-refractivity contribution >= 4 is 22.0 Å². The second-order valence-electron chi connectivity index (χ2n) is 7.42. The molecule has 2 nitrogen and oxygen atoms in total. The fourth-order valence-corrected chi connectivity index (χ4v) is 4.12. The Bertz CT molecular complexity index is 1140. The molecule has 0 spiro atoms. The number of allylic oxidation sites excluding steroid dienone is 1. The van der Waals surface area contributed by atoms with E-state index in [1.807, 2.05) is 18.2 Å². The van der Waals surface area contributed by atoms with Crippen LogP contribution in [-0.4, -0.2) is 10.2 Å². The predicted molar refractivity (Wildman–Crippen MR) is 112 cm³/mol. The predicted octanol–water partition coefficient (Wildman–Crippen LogP) is 6.46. The van der Waals surface area contributed by atoms with Gasteiger partial charge in [0.05, 0.1) is 10.9 Å². The van der Waals surface area contributed by atoms with E-state index in [0.717, 1.165) is 11.1 Å². The van der Waals surface area contributed by atoms with Gasteiger partial charge in [0.1, 0.15) is 0 Å². The van der Waals surface area contributed by atoms with Crippen LogP contribution < -0.4 is 0 Å². The SMILES string of the molecule is Fc1[nH]nc2ccc(/C(=C(/c3ccccc3)C3CCC3)c3ccccc3)cc12. The van der Waals surface area contributed by atoms with Crippen molar-refractivity contribution < 1.29 is 4.39 Å². The van der Waals surface area contributed by atoms with Crippen LogP contribution in [0.2, 0.25) is 0 Å². The molecule has 5 rings (SSSR count). The number of hydrogen-bond acceptors (Lipinski definition) is 1. The lowest BCUT2D eigenvalue weighted by atomic mass is 9.73. The molecule has 0 unspecified atom stereocenters. The third kappa shape index (κ3) is 2.93. The van der Waals surface area contributed by atoms with Crippen molar-refractivity contribution in [3.63, 3.8) is 0 Å². The highest BCUT2D eigenvalue weighted by molar-refractivity contribution is 6.01. The van der Waals surface area contributed by atoms with Gasteiger partial charge < -0.3 is 0 Å². The first-order valence-electron chi connectivity index (χ1n) is 9.80. The van der Waals surface area contributed by atoms with E-state index >= 15 is 0 Å². The number of H-pyrrole nitrogens is 1. The summed E-state index contributed by atoms with van der Waals surface area (Å²) in [5.74, 6) is 0.150. The molecule has 28 heavy (non-hydrogen) atoms. The third-order valence-corrected chi connectivity index (χ3v) is 5.73. The lowest BCUT2D eigenvalue weighted by Crippen LogP contribution is -2.15. The van der Waals surface area contributed by atoms with Crippen molar-refractivity contribution in [2.45, 2.75) is 19.3 Å². The normalized spacial score (nSPS) is 15.3. The van der Waals surface area contributed by atoms with Crippen molar-refractivity contribution in [3.05, 3.63) is 102 Å². The van der Waals surface area contributed by atoms with Gasteiger partial charge in [0, 0.05) is 0 Å². The van der Waals surface area contributed by atoms with Crippen LogP contribution in [0.1, 0.15) is 36.0 Å². The van der Waals surface area contributed by atoms with Gasteiger partial charge in [-0.3, -0.25) is 5.10 Å². The van der Waals surface area contributed by atoms with E-state index in [2.05, 4.69) is 70.9 Å². The number of hydrogen-bond donors (Lipinski definition) is 1. The Morgan fingerprint density at radius 1 is 0.821 bits per heavy atom. The zero-order chi connectivity index (χ0) is 18.9. The van der Waals surface area contributed by atoms with Crippen LogP contribution in [0.3, 0.4) is 0 Å². The zero-order valence-electron chi connectivity index (χ0n) is 15.5. The second kappa shape index (κ2) is 7.08. The Hall–Kier alpha value is -3.20.